The van der Waals surface area contributed by atoms with Crippen LogP contribution in [0.4, 0.5) is 0 Å². The first-order valence-electron chi connectivity index (χ1n) is 9.95. The average Bonchev–Trinajstić information content (AvgIpc) is 3.09. The van der Waals surface area contributed by atoms with Crippen molar-refractivity contribution < 1.29 is 9.59 Å². The summed E-state index contributed by atoms with van der Waals surface area (Å²) in [4.78, 5) is 35.4. The first kappa shape index (κ1) is 20.0. The topological polar surface area (TPSA) is 80.1 Å². The molecule has 1 aliphatic rings. The fourth-order valence-corrected chi connectivity index (χ4v) is 3.46. The first-order valence-corrected chi connectivity index (χ1v) is 9.95. The molecule has 1 atom stereocenters. The third kappa shape index (κ3) is 4.97. The number of amides is 2. The molecule has 0 saturated heterocycles. The van der Waals surface area contributed by atoms with Crippen molar-refractivity contribution >= 4 is 11.8 Å². The van der Waals surface area contributed by atoms with Crippen LogP contribution in [0.1, 0.15) is 56.7 Å². The van der Waals surface area contributed by atoms with Gasteiger partial charge >= 0.3 is 0 Å². The van der Waals surface area contributed by atoms with Crippen molar-refractivity contribution in [1.29, 1.82) is 0 Å². The summed E-state index contributed by atoms with van der Waals surface area (Å²) in [5.41, 5.74) is 1.70. The molecular formula is C21H29N5O2. The van der Waals surface area contributed by atoms with E-state index in [0.717, 1.165) is 30.0 Å². The molecule has 0 aliphatic carbocycles. The second kappa shape index (κ2) is 8.99. The van der Waals surface area contributed by atoms with E-state index in [1.54, 1.807) is 12.4 Å². The molecule has 28 heavy (non-hydrogen) atoms. The quantitative estimate of drug-likeness (QED) is 0.796. The largest absolute Gasteiger partial charge is 0.352 e. The maximum absolute atomic E-state index is 12.5. The molecule has 0 unspecified atom stereocenters. The summed E-state index contributed by atoms with van der Waals surface area (Å²) in [6.45, 7) is 8.13. The number of fused-ring (bicyclic) bond motifs is 1. The summed E-state index contributed by atoms with van der Waals surface area (Å²) >= 11 is 0. The van der Waals surface area contributed by atoms with E-state index in [0.29, 0.717) is 25.4 Å². The lowest BCUT2D eigenvalue weighted by Crippen LogP contribution is -2.41. The molecule has 0 saturated carbocycles. The summed E-state index contributed by atoms with van der Waals surface area (Å²) in [5, 5.41) is 2.90. The van der Waals surface area contributed by atoms with Gasteiger partial charge < -0.3 is 14.8 Å². The zero-order valence-electron chi connectivity index (χ0n) is 16.9. The van der Waals surface area contributed by atoms with E-state index in [1.165, 1.54) is 0 Å². The minimum Gasteiger partial charge on any atom is -0.352 e. The normalized spacial score (nSPS) is 16.1. The summed E-state index contributed by atoms with van der Waals surface area (Å²) in [6, 6.07) is 3.70. The van der Waals surface area contributed by atoms with Crippen LogP contribution in [-0.4, -0.2) is 37.8 Å². The second-order valence-corrected chi connectivity index (χ2v) is 7.79. The lowest BCUT2D eigenvalue weighted by molar-refractivity contribution is -0.134. The number of carbonyl (C=O) groups excluding carboxylic acids is 2. The predicted octanol–water partition coefficient (Wildman–Crippen LogP) is 2.48. The van der Waals surface area contributed by atoms with Gasteiger partial charge in [0.25, 0.3) is 0 Å². The molecule has 3 rings (SSSR count). The fourth-order valence-electron chi connectivity index (χ4n) is 3.46. The van der Waals surface area contributed by atoms with Crippen molar-refractivity contribution in [1.82, 2.24) is 24.8 Å². The number of rotatable bonds is 7. The molecule has 2 amide bonds. The third-order valence-corrected chi connectivity index (χ3v) is 5.09. The Balaban J connectivity index is 1.58. The Morgan fingerprint density at radius 2 is 2.14 bits per heavy atom. The maximum Gasteiger partial charge on any atom is 0.226 e. The zero-order chi connectivity index (χ0) is 20.1. The highest BCUT2D eigenvalue weighted by Gasteiger charge is 2.29. The van der Waals surface area contributed by atoms with E-state index in [-0.39, 0.29) is 24.3 Å². The average molecular weight is 383 g/mol. The molecule has 2 aromatic heterocycles. The van der Waals surface area contributed by atoms with Gasteiger partial charge in [-0.3, -0.25) is 14.6 Å². The highest BCUT2D eigenvalue weighted by atomic mass is 16.2. The van der Waals surface area contributed by atoms with E-state index in [1.807, 2.05) is 30.2 Å². The molecule has 3 heterocycles. The zero-order valence-corrected chi connectivity index (χ0v) is 16.9. The van der Waals surface area contributed by atoms with Crippen LogP contribution in [0.3, 0.4) is 0 Å². The molecular weight excluding hydrogens is 354 g/mol. The SMILES string of the molecule is CC(C)CCC(=O)N1CCn2cc(CC(=O)NCc3cccnc3)nc2[C@H]1C. The molecule has 2 aromatic rings. The van der Waals surface area contributed by atoms with Crippen LogP contribution in [-0.2, 0) is 29.1 Å². The molecule has 7 nitrogen and oxygen atoms in total. The monoisotopic (exact) mass is 383 g/mol. The Kier molecular flexibility index (Phi) is 6.44. The number of hydrogen-bond acceptors (Lipinski definition) is 4. The Bertz CT molecular complexity index is 815. The lowest BCUT2D eigenvalue weighted by Gasteiger charge is -2.34. The number of pyridine rings is 1. The van der Waals surface area contributed by atoms with Crippen LogP contribution in [0.15, 0.2) is 30.7 Å². The first-order chi connectivity index (χ1) is 13.4. The minimum absolute atomic E-state index is 0.0689. The Morgan fingerprint density at radius 3 is 2.86 bits per heavy atom. The van der Waals surface area contributed by atoms with Crippen LogP contribution >= 0.6 is 0 Å². The van der Waals surface area contributed by atoms with Gasteiger partial charge in [0.05, 0.1) is 18.2 Å². The highest BCUT2D eigenvalue weighted by molar-refractivity contribution is 5.78. The van der Waals surface area contributed by atoms with Crippen LogP contribution in [0.5, 0.6) is 0 Å². The van der Waals surface area contributed by atoms with Crippen molar-refractivity contribution in [3.63, 3.8) is 0 Å². The van der Waals surface area contributed by atoms with Crippen molar-refractivity contribution in [2.45, 2.75) is 59.2 Å². The van der Waals surface area contributed by atoms with Gasteiger partial charge in [-0.25, -0.2) is 4.98 Å². The summed E-state index contributed by atoms with van der Waals surface area (Å²) < 4.78 is 2.07. The van der Waals surface area contributed by atoms with Gasteiger partial charge in [0.2, 0.25) is 11.8 Å². The van der Waals surface area contributed by atoms with Gasteiger partial charge in [-0.2, -0.15) is 0 Å². The number of aromatic nitrogens is 3. The third-order valence-electron chi connectivity index (χ3n) is 5.09. The van der Waals surface area contributed by atoms with Gasteiger partial charge in [-0.1, -0.05) is 19.9 Å². The van der Waals surface area contributed by atoms with Crippen molar-refractivity contribution in [3.8, 4) is 0 Å². The maximum atomic E-state index is 12.5. The number of hydrogen-bond donors (Lipinski definition) is 1. The lowest BCUT2D eigenvalue weighted by atomic mass is 10.1. The molecule has 1 aliphatic heterocycles. The van der Waals surface area contributed by atoms with Crippen molar-refractivity contribution in [2.75, 3.05) is 6.54 Å². The highest BCUT2D eigenvalue weighted by Crippen LogP contribution is 2.26. The fraction of sp³-hybridized carbons (Fsp3) is 0.524. The Labute approximate surface area is 166 Å². The number of carbonyl (C=O) groups is 2. The van der Waals surface area contributed by atoms with E-state index >= 15 is 0 Å². The Hall–Kier alpha value is -2.70. The molecule has 0 aromatic carbocycles. The van der Waals surface area contributed by atoms with E-state index < -0.39 is 0 Å². The number of nitrogens with one attached hydrogen (secondary N) is 1. The van der Waals surface area contributed by atoms with E-state index in [9.17, 15) is 9.59 Å². The van der Waals surface area contributed by atoms with Crippen molar-refractivity contribution in [3.05, 3.63) is 47.8 Å². The Morgan fingerprint density at radius 1 is 1.32 bits per heavy atom. The molecule has 0 fully saturated rings. The molecule has 1 N–H and O–H groups in total. The molecule has 7 heteroatoms. The summed E-state index contributed by atoms with van der Waals surface area (Å²) in [7, 11) is 0. The standard InChI is InChI=1S/C21H29N5O2/c1-15(2)6-7-20(28)26-10-9-25-14-18(24-21(25)16(26)3)11-19(27)23-13-17-5-4-8-22-12-17/h4-5,8,12,14-16H,6-7,9-11,13H2,1-3H3,(H,23,27)/t16-/m1/s1. The molecule has 0 spiro atoms. The molecule has 0 bridgehead atoms. The number of nitrogens with zero attached hydrogens (tertiary/aromatic N) is 4. The van der Waals surface area contributed by atoms with E-state index in [2.05, 4.69) is 33.7 Å². The van der Waals surface area contributed by atoms with Crippen molar-refractivity contribution in [2.24, 2.45) is 5.92 Å². The van der Waals surface area contributed by atoms with Crippen LogP contribution < -0.4 is 5.32 Å². The smallest absolute Gasteiger partial charge is 0.226 e. The number of imidazole rings is 1. The van der Waals surface area contributed by atoms with Gasteiger partial charge in [0.1, 0.15) is 5.82 Å². The molecule has 150 valence electrons. The predicted molar refractivity (Wildman–Crippen MR) is 106 cm³/mol. The second-order valence-electron chi connectivity index (χ2n) is 7.79. The van der Waals surface area contributed by atoms with Crippen LogP contribution in [0.2, 0.25) is 0 Å². The van der Waals surface area contributed by atoms with E-state index in [4.69, 9.17) is 0 Å². The van der Waals surface area contributed by atoms with Gasteiger partial charge in [-0.05, 0) is 30.9 Å². The van der Waals surface area contributed by atoms with Gasteiger partial charge in [0, 0.05) is 44.6 Å². The van der Waals surface area contributed by atoms with Gasteiger partial charge in [0.15, 0.2) is 0 Å². The van der Waals surface area contributed by atoms with Gasteiger partial charge in [-0.15, -0.1) is 0 Å². The summed E-state index contributed by atoms with van der Waals surface area (Å²) in [6.07, 6.45) is 7.09. The molecule has 0 radical (unpaired) electrons. The van der Waals surface area contributed by atoms with Crippen LogP contribution in [0.25, 0.3) is 0 Å². The van der Waals surface area contributed by atoms with Crippen LogP contribution in [0, 0.1) is 5.92 Å². The minimum atomic E-state index is -0.0724. The summed E-state index contributed by atoms with van der Waals surface area (Å²) in [5.74, 6) is 1.49.